The Morgan fingerprint density at radius 2 is 1.52 bits per heavy atom. The summed E-state index contributed by atoms with van der Waals surface area (Å²) in [4.78, 5) is 20.4. The Bertz CT molecular complexity index is 971. The summed E-state index contributed by atoms with van der Waals surface area (Å²) < 4.78 is 26.4. The van der Waals surface area contributed by atoms with E-state index in [0.717, 1.165) is 16.4 Å². The van der Waals surface area contributed by atoms with Gasteiger partial charge in [0.1, 0.15) is 0 Å². The minimum absolute atomic E-state index is 0.123. The molecule has 2 aromatic rings. The molecular weight excluding hydrogens is 350 g/mol. The molecule has 0 fully saturated rings. The topological polar surface area (TPSA) is 124 Å². The molecule has 25 heavy (non-hydrogen) atoms. The van der Waals surface area contributed by atoms with Crippen LogP contribution in [0.1, 0.15) is 11.1 Å². The predicted octanol–water partition coefficient (Wildman–Crippen LogP) is 2.94. The number of hydrogen-bond donors (Lipinski definition) is 0. The number of benzene rings is 2. The Hall–Kier alpha value is -3.01. The third-order valence-corrected chi connectivity index (χ3v) is 5.55. The molecule has 10 heteroatoms. The van der Waals surface area contributed by atoms with Crippen LogP contribution >= 0.6 is 0 Å². The van der Waals surface area contributed by atoms with E-state index in [2.05, 4.69) is 0 Å². The van der Waals surface area contributed by atoms with Crippen molar-refractivity contribution in [3.8, 4) is 0 Å². The first-order chi connectivity index (χ1) is 11.6. The van der Waals surface area contributed by atoms with E-state index in [-0.39, 0.29) is 22.0 Å². The third-order valence-electron chi connectivity index (χ3n) is 3.78. The Balaban J connectivity index is 2.57. The number of non-ortho nitro benzene ring substituents is 1. The van der Waals surface area contributed by atoms with Gasteiger partial charge in [0.25, 0.3) is 21.4 Å². The summed E-state index contributed by atoms with van der Waals surface area (Å²) in [7, 11) is -2.88. The Kier molecular flexibility index (Phi) is 4.75. The van der Waals surface area contributed by atoms with Crippen molar-refractivity contribution in [1.29, 1.82) is 0 Å². The van der Waals surface area contributed by atoms with Crippen LogP contribution in [0, 0.1) is 34.1 Å². The zero-order valence-electron chi connectivity index (χ0n) is 13.7. The van der Waals surface area contributed by atoms with Gasteiger partial charge in [-0.25, -0.2) is 8.42 Å². The van der Waals surface area contributed by atoms with E-state index in [9.17, 15) is 28.6 Å². The van der Waals surface area contributed by atoms with Crippen molar-refractivity contribution < 1.29 is 18.3 Å². The smallest absolute Gasteiger partial charge is 0.269 e. The number of sulfonamides is 1. The number of nitro benzene ring substituents is 2. The largest absolute Gasteiger partial charge is 0.273 e. The number of nitrogens with zero attached hydrogens (tertiary/aromatic N) is 3. The summed E-state index contributed by atoms with van der Waals surface area (Å²) in [5.41, 5.74) is 0.400. The molecule has 9 nitrogen and oxygen atoms in total. The van der Waals surface area contributed by atoms with Gasteiger partial charge in [-0.2, -0.15) is 0 Å². The fraction of sp³-hybridized carbons (Fsp3) is 0.200. The maximum absolute atomic E-state index is 12.8. The molecule has 0 amide bonds. The zero-order chi connectivity index (χ0) is 18.9. The minimum atomic E-state index is -4.12. The van der Waals surface area contributed by atoms with Gasteiger partial charge in [-0.05, 0) is 25.5 Å². The number of hydrogen-bond acceptors (Lipinski definition) is 6. The van der Waals surface area contributed by atoms with Crippen molar-refractivity contribution in [3.05, 3.63) is 67.8 Å². The lowest BCUT2D eigenvalue weighted by Crippen LogP contribution is -2.27. The number of nitro groups is 2. The molecule has 0 N–H and O–H groups in total. The van der Waals surface area contributed by atoms with Crippen molar-refractivity contribution in [2.75, 3.05) is 11.4 Å². The second-order valence-corrected chi connectivity index (χ2v) is 7.38. The van der Waals surface area contributed by atoms with Gasteiger partial charge in [0.05, 0.1) is 20.4 Å². The van der Waals surface area contributed by atoms with E-state index < -0.39 is 19.9 Å². The Morgan fingerprint density at radius 1 is 0.920 bits per heavy atom. The first-order valence-corrected chi connectivity index (χ1v) is 8.48. The summed E-state index contributed by atoms with van der Waals surface area (Å²) in [6, 6.07) is 7.45. The third kappa shape index (κ3) is 3.43. The minimum Gasteiger partial charge on any atom is -0.269 e. The van der Waals surface area contributed by atoms with Gasteiger partial charge in [0, 0.05) is 30.8 Å². The average molecular weight is 365 g/mol. The van der Waals surface area contributed by atoms with E-state index in [1.54, 1.807) is 6.92 Å². The van der Waals surface area contributed by atoms with Crippen LogP contribution in [0.3, 0.4) is 0 Å². The molecule has 0 saturated carbocycles. The van der Waals surface area contributed by atoms with Crippen molar-refractivity contribution >= 4 is 27.1 Å². The standard InChI is InChI=1S/C15H15N3O6S/c1-10-4-6-12(17(19)20)8-14(10)16(3)25(23,24)13-7-5-11(2)15(9-13)18(21)22/h4-9H,1-3H3. The number of aryl methyl sites for hydroxylation is 2. The highest BCUT2D eigenvalue weighted by Crippen LogP contribution is 2.30. The SMILES string of the molecule is Cc1ccc([N+](=O)[O-])cc1N(C)S(=O)(=O)c1ccc(C)c([N+](=O)[O-])c1. The molecule has 0 aromatic heterocycles. The summed E-state index contributed by atoms with van der Waals surface area (Å²) in [6.45, 7) is 3.12. The maximum atomic E-state index is 12.8. The number of anilines is 1. The fourth-order valence-electron chi connectivity index (χ4n) is 2.28. The van der Waals surface area contributed by atoms with Crippen LogP contribution in [0.15, 0.2) is 41.3 Å². The lowest BCUT2D eigenvalue weighted by molar-refractivity contribution is -0.385. The lowest BCUT2D eigenvalue weighted by Gasteiger charge is -2.21. The van der Waals surface area contributed by atoms with Crippen LogP contribution in [0.2, 0.25) is 0 Å². The van der Waals surface area contributed by atoms with Crippen LogP contribution in [0.5, 0.6) is 0 Å². The van der Waals surface area contributed by atoms with Crippen LogP contribution < -0.4 is 4.31 Å². The maximum Gasteiger partial charge on any atom is 0.273 e. The molecule has 0 aliphatic rings. The van der Waals surface area contributed by atoms with Crippen LogP contribution in [0.25, 0.3) is 0 Å². The van der Waals surface area contributed by atoms with Crippen molar-refractivity contribution in [1.82, 2.24) is 0 Å². The van der Waals surface area contributed by atoms with E-state index in [1.165, 1.54) is 38.2 Å². The van der Waals surface area contributed by atoms with Gasteiger partial charge in [0.15, 0.2) is 0 Å². The monoisotopic (exact) mass is 365 g/mol. The van der Waals surface area contributed by atoms with Crippen molar-refractivity contribution in [2.45, 2.75) is 18.7 Å². The molecule has 0 radical (unpaired) electrons. The first-order valence-electron chi connectivity index (χ1n) is 7.04. The Labute approximate surface area is 143 Å². The van der Waals surface area contributed by atoms with Crippen LogP contribution in [0.4, 0.5) is 17.1 Å². The highest BCUT2D eigenvalue weighted by molar-refractivity contribution is 7.92. The molecule has 2 aromatic carbocycles. The molecule has 0 bridgehead atoms. The van der Waals surface area contributed by atoms with Gasteiger partial charge >= 0.3 is 0 Å². The predicted molar refractivity (Wildman–Crippen MR) is 91.3 cm³/mol. The van der Waals surface area contributed by atoms with E-state index in [0.29, 0.717) is 11.1 Å². The molecule has 0 aliphatic carbocycles. The summed E-state index contributed by atoms with van der Waals surface area (Å²) in [6.07, 6.45) is 0. The second-order valence-electron chi connectivity index (χ2n) is 5.41. The highest BCUT2D eigenvalue weighted by atomic mass is 32.2. The van der Waals surface area contributed by atoms with Crippen molar-refractivity contribution in [3.63, 3.8) is 0 Å². The normalized spacial score (nSPS) is 11.2. The van der Waals surface area contributed by atoms with Gasteiger partial charge in [-0.15, -0.1) is 0 Å². The molecule has 0 saturated heterocycles. The summed E-state index contributed by atoms with van der Waals surface area (Å²) in [5, 5.41) is 22.0. The molecule has 0 aliphatic heterocycles. The van der Waals surface area contributed by atoms with E-state index in [4.69, 9.17) is 0 Å². The molecular formula is C15H15N3O6S. The summed E-state index contributed by atoms with van der Waals surface area (Å²) >= 11 is 0. The number of rotatable bonds is 5. The van der Waals surface area contributed by atoms with Crippen LogP contribution in [-0.2, 0) is 10.0 Å². The van der Waals surface area contributed by atoms with Crippen molar-refractivity contribution in [2.24, 2.45) is 0 Å². The summed E-state index contributed by atoms with van der Waals surface area (Å²) in [5.74, 6) is 0. The zero-order valence-corrected chi connectivity index (χ0v) is 14.5. The van der Waals surface area contributed by atoms with Gasteiger partial charge in [0.2, 0.25) is 0 Å². The second kappa shape index (κ2) is 6.48. The van der Waals surface area contributed by atoms with Gasteiger partial charge in [-0.3, -0.25) is 24.5 Å². The quantitative estimate of drug-likeness (QED) is 0.593. The Morgan fingerprint density at radius 3 is 2.08 bits per heavy atom. The first kappa shape index (κ1) is 18.3. The highest BCUT2D eigenvalue weighted by Gasteiger charge is 2.26. The van der Waals surface area contributed by atoms with Gasteiger partial charge < -0.3 is 0 Å². The lowest BCUT2D eigenvalue weighted by atomic mass is 10.2. The van der Waals surface area contributed by atoms with E-state index >= 15 is 0 Å². The molecule has 132 valence electrons. The molecule has 0 spiro atoms. The van der Waals surface area contributed by atoms with E-state index in [1.807, 2.05) is 0 Å². The van der Waals surface area contributed by atoms with Gasteiger partial charge in [-0.1, -0.05) is 12.1 Å². The average Bonchev–Trinajstić information content (AvgIpc) is 2.54. The molecule has 0 heterocycles. The fourth-order valence-corrected chi connectivity index (χ4v) is 3.56. The van der Waals surface area contributed by atoms with Crippen LogP contribution in [-0.4, -0.2) is 25.3 Å². The molecule has 0 atom stereocenters. The molecule has 2 rings (SSSR count). The molecule has 0 unspecified atom stereocenters.